The van der Waals surface area contributed by atoms with Crippen molar-refractivity contribution in [3.8, 4) is 0 Å². The van der Waals surface area contributed by atoms with Crippen molar-refractivity contribution >= 4 is 14.1 Å². The topological polar surface area (TPSA) is 21.6 Å². The zero-order valence-electron chi connectivity index (χ0n) is 14.6. The van der Waals surface area contributed by atoms with Crippen molar-refractivity contribution in [3.05, 3.63) is 5.76 Å². The largest absolute Gasteiger partial charge is 0.483 e. The third-order valence-corrected chi connectivity index (χ3v) is 9.69. The molecule has 2 nitrogen and oxygen atoms in total. The summed E-state index contributed by atoms with van der Waals surface area (Å²) in [6.45, 7) is 21.9. The van der Waals surface area contributed by atoms with Crippen LogP contribution in [0.1, 0.15) is 69.2 Å². The van der Waals surface area contributed by atoms with E-state index in [2.05, 4.69) is 68.2 Å². The number of hydrogen-bond acceptors (Lipinski definition) is 2. The molecule has 0 aromatic carbocycles. The molecule has 0 amide bonds. The summed E-state index contributed by atoms with van der Waals surface area (Å²) in [5.41, 5.74) is 1.66. The Bertz CT molecular complexity index is 322. The van der Waals surface area contributed by atoms with Gasteiger partial charge in [0.05, 0.1) is 0 Å². The van der Waals surface area contributed by atoms with Gasteiger partial charge in [-0.1, -0.05) is 41.5 Å². The quantitative estimate of drug-likeness (QED) is 0.368. The second-order valence-electron chi connectivity index (χ2n) is 7.35. The predicted octanol–water partition coefficient (Wildman–Crippen LogP) is 5.55. The molecule has 0 spiro atoms. The third kappa shape index (κ3) is 5.16. The Morgan fingerprint density at radius 3 is 1.58 bits per heavy atom. The summed E-state index contributed by atoms with van der Waals surface area (Å²) in [6, 6.07) is 0. The molecule has 0 radical (unpaired) electrons. The molecule has 0 aromatic rings. The summed E-state index contributed by atoms with van der Waals surface area (Å²) in [4.78, 5) is 0. The molecule has 112 valence electrons. The fourth-order valence-electron chi connectivity index (χ4n) is 3.04. The minimum Gasteiger partial charge on any atom is -0.483 e. The van der Waals surface area contributed by atoms with Crippen LogP contribution in [-0.4, -0.2) is 19.7 Å². The monoisotopic (exact) mass is 283 g/mol. The molecule has 3 heteroatoms. The number of rotatable bonds is 5. The molecule has 0 atom stereocenters. The van der Waals surface area contributed by atoms with E-state index in [0.29, 0.717) is 16.6 Å². The molecule has 0 bridgehead atoms. The summed E-state index contributed by atoms with van der Waals surface area (Å²) in [5, 5.41) is 0. The fraction of sp³-hybridized carbons (Fsp3) is 0.875. The van der Waals surface area contributed by atoms with Crippen LogP contribution in [0, 0.1) is 0 Å². The van der Waals surface area contributed by atoms with E-state index in [9.17, 15) is 0 Å². The van der Waals surface area contributed by atoms with E-state index < -0.39 is 8.24 Å². The van der Waals surface area contributed by atoms with Crippen molar-refractivity contribution in [1.29, 1.82) is 0 Å². The van der Waals surface area contributed by atoms with Crippen molar-refractivity contribution in [3.63, 3.8) is 0 Å². The average Bonchev–Trinajstić information content (AvgIpc) is 2.13. The van der Waals surface area contributed by atoms with Crippen LogP contribution in [0.15, 0.2) is 10.4 Å². The van der Waals surface area contributed by atoms with Gasteiger partial charge >= 0.3 is 0 Å². The number of ether oxygens (including phenoxy) is 1. The fourth-order valence-corrected chi connectivity index (χ4v) is 8.17. The molecule has 0 aliphatic heterocycles. The van der Waals surface area contributed by atoms with Crippen LogP contribution in [0.4, 0.5) is 0 Å². The zero-order valence-corrected chi connectivity index (χ0v) is 15.6. The SMILES string of the molecule is CC(=C=N[Si](C(C)C)(C(C)C)C(C)C)OC(C)(C)C. The van der Waals surface area contributed by atoms with Crippen LogP contribution in [-0.2, 0) is 4.74 Å². The Morgan fingerprint density at radius 2 is 1.32 bits per heavy atom. The van der Waals surface area contributed by atoms with E-state index in [1.165, 1.54) is 0 Å². The van der Waals surface area contributed by atoms with Gasteiger partial charge in [0, 0.05) is 12.8 Å². The number of allylic oxidation sites excluding steroid dienone is 1. The van der Waals surface area contributed by atoms with E-state index in [0.717, 1.165) is 5.76 Å². The van der Waals surface area contributed by atoms with Crippen LogP contribution < -0.4 is 0 Å². The molecule has 0 aliphatic rings. The van der Waals surface area contributed by atoms with Gasteiger partial charge in [-0.2, -0.15) is 0 Å². The predicted molar refractivity (Wildman–Crippen MR) is 88.5 cm³/mol. The lowest BCUT2D eigenvalue weighted by atomic mass is 10.2. The van der Waals surface area contributed by atoms with Gasteiger partial charge in [0.2, 0.25) is 8.24 Å². The van der Waals surface area contributed by atoms with Crippen molar-refractivity contribution in [2.45, 2.75) is 91.5 Å². The maximum absolute atomic E-state index is 5.81. The minimum atomic E-state index is -1.75. The van der Waals surface area contributed by atoms with E-state index >= 15 is 0 Å². The first-order valence-corrected chi connectivity index (χ1v) is 9.61. The molecule has 0 N–H and O–H groups in total. The molecule has 0 rings (SSSR count). The van der Waals surface area contributed by atoms with Gasteiger partial charge in [0.25, 0.3) is 0 Å². The summed E-state index contributed by atoms with van der Waals surface area (Å²) in [5.74, 6) is 4.00. The molecular weight excluding hydrogens is 250 g/mol. The van der Waals surface area contributed by atoms with Gasteiger partial charge in [-0.3, -0.25) is 4.66 Å². The van der Waals surface area contributed by atoms with Crippen LogP contribution in [0.25, 0.3) is 0 Å². The Kier molecular flexibility index (Phi) is 6.57. The lowest BCUT2D eigenvalue weighted by Gasteiger charge is -2.37. The normalized spacial score (nSPS) is 12.9. The first kappa shape index (κ1) is 18.5. The highest BCUT2D eigenvalue weighted by Gasteiger charge is 2.43. The Balaban J connectivity index is 5.51. The molecular formula is C16H33NOSi. The second kappa shape index (κ2) is 6.76. The van der Waals surface area contributed by atoms with Gasteiger partial charge in [0.15, 0.2) is 5.76 Å². The Hall–Kier alpha value is -0.533. The van der Waals surface area contributed by atoms with E-state index in [-0.39, 0.29) is 5.60 Å². The van der Waals surface area contributed by atoms with Gasteiger partial charge in [-0.15, -0.1) is 0 Å². The van der Waals surface area contributed by atoms with Crippen molar-refractivity contribution in [2.75, 3.05) is 0 Å². The lowest BCUT2D eigenvalue weighted by Crippen LogP contribution is -2.42. The van der Waals surface area contributed by atoms with Gasteiger partial charge in [-0.05, 0) is 37.4 Å². The van der Waals surface area contributed by atoms with Crippen LogP contribution in [0.3, 0.4) is 0 Å². The summed E-state index contributed by atoms with van der Waals surface area (Å²) in [6.07, 6.45) is 0. The molecule has 19 heavy (non-hydrogen) atoms. The highest BCUT2D eigenvalue weighted by Crippen LogP contribution is 2.42. The standard InChI is InChI=1S/C16H33NOSi/c1-12(2)19(13(3)4,14(5)6)17-11-15(7)18-16(8,9)10/h12-14H,1-10H3. The number of nitrogens with zero attached hydrogens (tertiary/aromatic N) is 1. The van der Waals surface area contributed by atoms with E-state index in [1.807, 2.05) is 6.92 Å². The van der Waals surface area contributed by atoms with E-state index in [4.69, 9.17) is 9.39 Å². The highest BCUT2D eigenvalue weighted by molar-refractivity contribution is 6.82. The first-order valence-electron chi connectivity index (χ1n) is 7.44. The molecule has 0 saturated carbocycles. The maximum Gasteiger partial charge on any atom is 0.201 e. The first-order chi connectivity index (χ1) is 8.43. The van der Waals surface area contributed by atoms with Gasteiger partial charge in [-0.25, -0.2) is 0 Å². The maximum atomic E-state index is 5.81. The zero-order chi connectivity index (χ0) is 15.4. The molecule has 0 heterocycles. The molecule has 0 aliphatic carbocycles. The third-order valence-electron chi connectivity index (χ3n) is 3.64. The average molecular weight is 284 g/mol. The van der Waals surface area contributed by atoms with Crippen molar-refractivity contribution in [2.24, 2.45) is 4.66 Å². The molecule has 0 unspecified atom stereocenters. The molecule has 0 fully saturated rings. The number of hydrogen-bond donors (Lipinski definition) is 0. The van der Waals surface area contributed by atoms with Crippen molar-refractivity contribution in [1.82, 2.24) is 0 Å². The summed E-state index contributed by atoms with van der Waals surface area (Å²) >= 11 is 0. The smallest absolute Gasteiger partial charge is 0.201 e. The minimum absolute atomic E-state index is 0.176. The van der Waals surface area contributed by atoms with E-state index in [1.54, 1.807) is 0 Å². The lowest BCUT2D eigenvalue weighted by molar-refractivity contribution is 0.0568. The Labute approximate surface area is 121 Å². The van der Waals surface area contributed by atoms with Gasteiger partial charge in [0.1, 0.15) is 5.60 Å². The summed E-state index contributed by atoms with van der Waals surface area (Å²) in [7, 11) is -1.75. The van der Waals surface area contributed by atoms with Crippen LogP contribution >= 0.6 is 0 Å². The second-order valence-corrected chi connectivity index (χ2v) is 12.8. The molecule has 0 saturated heterocycles. The van der Waals surface area contributed by atoms with Gasteiger partial charge < -0.3 is 4.74 Å². The summed E-state index contributed by atoms with van der Waals surface area (Å²) < 4.78 is 10.8. The molecule has 0 aromatic heterocycles. The van der Waals surface area contributed by atoms with Crippen molar-refractivity contribution < 1.29 is 4.74 Å². The highest BCUT2D eigenvalue weighted by atomic mass is 28.3. The Morgan fingerprint density at radius 1 is 0.947 bits per heavy atom. The van der Waals surface area contributed by atoms with Crippen LogP contribution in [0.2, 0.25) is 16.6 Å². The van der Waals surface area contributed by atoms with Crippen LogP contribution in [0.5, 0.6) is 0 Å².